The summed E-state index contributed by atoms with van der Waals surface area (Å²) in [5.74, 6) is -0.659. The summed E-state index contributed by atoms with van der Waals surface area (Å²) in [5, 5.41) is 18.4. The monoisotopic (exact) mass is 356 g/mol. The molecule has 0 unspecified atom stereocenters. The largest absolute Gasteiger partial charge is 0.223 e. The predicted molar refractivity (Wildman–Crippen MR) is 90.0 cm³/mol. The number of sulfone groups is 1. The fraction of sp³-hybridized carbons (Fsp3) is 0.222. The average molecular weight is 357 g/mol. The fourth-order valence-electron chi connectivity index (χ4n) is 3.05. The lowest BCUT2D eigenvalue weighted by atomic mass is 10.0. The first-order valence-electron chi connectivity index (χ1n) is 7.25. The van der Waals surface area contributed by atoms with E-state index in [0.717, 1.165) is 5.56 Å². The minimum absolute atomic E-state index is 0.0707. The quantitative estimate of drug-likeness (QED) is 0.840. The first-order valence-corrected chi connectivity index (χ1v) is 9.18. The third-order valence-corrected chi connectivity index (χ3v) is 6.91. The number of rotatable bonds is 3. The molecule has 24 heavy (non-hydrogen) atoms. The predicted octanol–water partition coefficient (Wildman–Crippen LogP) is 3.62. The Hall–Kier alpha value is -2.34. The number of hydrogen-bond acceptors (Lipinski definition) is 4. The van der Waals surface area contributed by atoms with Gasteiger partial charge in [0.2, 0.25) is 0 Å². The van der Waals surface area contributed by atoms with Gasteiger partial charge < -0.3 is 0 Å². The van der Waals surface area contributed by atoms with Crippen LogP contribution in [0.15, 0.2) is 53.4 Å². The van der Waals surface area contributed by atoms with E-state index in [4.69, 9.17) is 11.6 Å². The van der Waals surface area contributed by atoms with Crippen LogP contribution in [0.4, 0.5) is 0 Å². The van der Waals surface area contributed by atoms with Gasteiger partial charge in [-0.25, -0.2) is 8.42 Å². The molecule has 0 radical (unpaired) electrons. The van der Waals surface area contributed by atoms with E-state index in [0.29, 0.717) is 10.6 Å². The van der Waals surface area contributed by atoms with Crippen molar-refractivity contribution in [3.63, 3.8) is 0 Å². The van der Waals surface area contributed by atoms with E-state index < -0.39 is 26.4 Å². The van der Waals surface area contributed by atoms with Crippen molar-refractivity contribution in [1.82, 2.24) is 0 Å². The summed E-state index contributed by atoms with van der Waals surface area (Å²) < 4.78 is 25.9. The van der Waals surface area contributed by atoms with E-state index >= 15 is 0 Å². The second kappa shape index (κ2) is 5.63. The molecule has 0 spiro atoms. The van der Waals surface area contributed by atoms with Crippen molar-refractivity contribution in [1.29, 1.82) is 10.5 Å². The van der Waals surface area contributed by atoms with Gasteiger partial charge in [-0.1, -0.05) is 41.4 Å². The molecule has 1 aliphatic carbocycles. The normalized spacial score (nSPS) is 21.5. The zero-order valence-corrected chi connectivity index (χ0v) is 14.3. The molecule has 0 bridgehead atoms. The van der Waals surface area contributed by atoms with E-state index in [1.54, 1.807) is 12.1 Å². The molecule has 0 N–H and O–H groups in total. The maximum absolute atomic E-state index is 12.9. The van der Waals surface area contributed by atoms with Crippen molar-refractivity contribution in [2.24, 2.45) is 5.41 Å². The topological polar surface area (TPSA) is 81.7 Å². The molecule has 0 aromatic heterocycles. The van der Waals surface area contributed by atoms with Crippen molar-refractivity contribution >= 4 is 21.4 Å². The van der Waals surface area contributed by atoms with Gasteiger partial charge >= 0.3 is 0 Å². The van der Waals surface area contributed by atoms with Gasteiger partial charge in [-0.2, -0.15) is 10.5 Å². The summed E-state index contributed by atoms with van der Waals surface area (Å²) in [6, 6.07) is 16.9. The SMILES string of the molecule is Cc1ccc([C@H]2[C@H](S(=O)(=O)c3ccc(Cl)cc3)C2(C#N)C#N)cc1. The lowest BCUT2D eigenvalue weighted by Gasteiger charge is -2.04. The van der Waals surface area contributed by atoms with Crippen molar-refractivity contribution in [3.05, 3.63) is 64.7 Å². The van der Waals surface area contributed by atoms with Crippen LogP contribution in [0.25, 0.3) is 0 Å². The Bertz CT molecular complexity index is 954. The molecular formula is C18H13ClN2O2S. The summed E-state index contributed by atoms with van der Waals surface area (Å²) in [6.07, 6.45) is 0. The Morgan fingerprint density at radius 3 is 2.04 bits per heavy atom. The van der Waals surface area contributed by atoms with Gasteiger partial charge in [0.1, 0.15) is 5.25 Å². The Labute approximate surface area is 145 Å². The maximum atomic E-state index is 12.9. The number of halogens is 1. The standard InChI is InChI=1S/C18H13ClN2O2S/c1-12-2-4-13(5-3-12)16-17(18(16,10-20)11-21)24(22,23)15-8-6-14(19)7-9-15/h2-9,16-17H,1H3/t16-,17-/m0/s1. The second-order valence-electron chi connectivity index (χ2n) is 5.90. The highest BCUT2D eigenvalue weighted by molar-refractivity contribution is 7.92. The number of hydrogen-bond donors (Lipinski definition) is 0. The van der Waals surface area contributed by atoms with Crippen LogP contribution in [0, 0.1) is 35.0 Å². The molecule has 0 amide bonds. The lowest BCUT2D eigenvalue weighted by Crippen LogP contribution is -2.14. The van der Waals surface area contributed by atoms with Crippen LogP contribution in [-0.4, -0.2) is 13.7 Å². The maximum Gasteiger partial charge on any atom is 0.184 e. The van der Waals surface area contributed by atoms with Crippen molar-refractivity contribution < 1.29 is 8.42 Å². The van der Waals surface area contributed by atoms with Gasteiger partial charge in [-0.15, -0.1) is 0 Å². The zero-order chi connectivity index (χ0) is 17.5. The molecular weight excluding hydrogens is 344 g/mol. The van der Waals surface area contributed by atoms with Crippen LogP contribution in [0.3, 0.4) is 0 Å². The Morgan fingerprint density at radius 2 is 1.54 bits per heavy atom. The van der Waals surface area contributed by atoms with Gasteiger partial charge in [0.05, 0.1) is 17.0 Å². The Balaban J connectivity index is 2.09. The minimum Gasteiger partial charge on any atom is -0.223 e. The Morgan fingerprint density at radius 1 is 1.00 bits per heavy atom. The summed E-state index contributed by atoms with van der Waals surface area (Å²) in [6.45, 7) is 1.92. The Kier molecular flexibility index (Phi) is 3.87. The van der Waals surface area contributed by atoms with Gasteiger partial charge in [0, 0.05) is 10.9 Å². The van der Waals surface area contributed by atoms with E-state index in [1.807, 2.05) is 31.2 Å². The molecule has 2 aromatic rings. The molecule has 6 heteroatoms. The molecule has 4 nitrogen and oxygen atoms in total. The molecule has 1 aliphatic rings. The van der Waals surface area contributed by atoms with E-state index in [-0.39, 0.29) is 4.90 Å². The number of nitriles is 2. The van der Waals surface area contributed by atoms with Crippen LogP contribution >= 0.6 is 11.6 Å². The third-order valence-electron chi connectivity index (χ3n) is 4.42. The summed E-state index contributed by atoms with van der Waals surface area (Å²) in [5.41, 5.74) is 0.149. The van der Waals surface area contributed by atoms with Crippen LogP contribution in [0.1, 0.15) is 17.0 Å². The zero-order valence-electron chi connectivity index (χ0n) is 12.8. The number of aryl methyl sites for hydroxylation is 1. The molecule has 1 saturated carbocycles. The summed E-state index contributed by atoms with van der Waals surface area (Å²) in [4.78, 5) is 0.0707. The van der Waals surface area contributed by atoms with Crippen LogP contribution < -0.4 is 0 Å². The third kappa shape index (κ3) is 2.38. The van der Waals surface area contributed by atoms with Crippen molar-refractivity contribution in [2.45, 2.75) is 23.0 Å². The first kappa shape index (κ1) is 16.5. The number of nitrogens with zero attached hydrogens (tertiary/aromatic N) is 2. The highest BCUT2D eigenvalue weighted by atomic mass is 35.5. The van der Waals surface area contributed by atoms with Crippen LogP contribution in [0.2, 0.25) is 5.02 Å². The highest BCUT2D eigenvalue weighted by Gasteiger charge is 2.73. The van der Waals surface area contributed by atoms with Gasteiger partial charge in [-0.3, -0.25) is 0 Å². The van der Waals surface area contributed by atoms with Gasteiger partial charge in [0.25, 0.3) is 0 Å². The van der Waals surface area contributed by atoms with Crippen LogP contribution in [-0.2, 0) is 9.84 Å². The highest BCUT2D eigenvalue weighted by Crippen LogP contribution is 2.63. The van der Waals surface area contributed by atoms with Crippen LogP contribution in [0.5, 0.6) is 0 Å². The van der Waals surface area contributed by atoms with E-state index in [2.05, 4.69) is 0 Å². The summed E-state index contributed by atoms with van der Waals surface area (Å²) in [7, 11) is -3.83. The van der Waals surface area contributed by atoms with Crippen molar-refractivity contribution in [3.8, 4) is 12.1 Å². The molecule has 1 fully saturated rings. The average Bonchev–Trinajstić information content (AvgIpc) is 3.26. The van der Waals surface area contributed by atoms with Gasteiger partial charge in [-0.05, 0) is 36.8 Å². The van der Waals surface area contributed by atoms with Crippen molar-refractivity contribution in [2.75, 3.05) is 0 Å². The van der Waals surface area contributed by atoms with Gasteiger partial charge in [0.15, 0.2) is 15.3 Å². The molecule has 0 heterocycles. The summed E-state index contributed by atoms with van der Waals surface area (Å²) >= 11 is 5.81. The molecule has 2 atom stereocenters. The molecule has 120 valence electrons. The fourth-order valence-corrected chi connectivity index (χ4v) is 5.38. The van der Waals surface area contributed by atoms with E-state index in [9.17, 15) is 18.9 Å². The first-order chi connectivity index (χ1) is 11.4. The van der Waals surface area contributed by atoms with E-state index in [1.165, 1.54) is 24.3 Å². The number of benzene rings is 2. The second-order valence-corrected chi connectivity index (χ2v) is 8.41. The molecule has 3 rings (SSSR count). The molecule has 0 aliphatic heterocycles. The molecule has 0 saturated heterocycles. The smallest absolute Gasteiger partial charge is 0.184 e. The minimum atomic E-state index is -3.83. The lowest BCUT2D eigenvalue weighted by molar-refractivity contribution is 0.591. The molecule has 2 aromatic carbocycles.